The summed E-state index contributed by atoms with van der Waals surface area (Å²) in [4.78, 5) is 19.4. The molecule has 0 saturated carbocycles. The highest BCUT2D eigenvalue weighted by Crippen LogP contribution is 2.22. The Bertz CT molecular complexity index is 1130. The number of anilines is 2. The smallest absolute Gasteiger partial charge is 0.231 e. The molecule has 2 aromatic carbocycles. The third-order valence-corrected chi connectivity index (χ3v) is 5.91. The topological polar surface area (TPSA) is 58.4 Å². The van der Waals surface area contributed by atoms with Crippen molar-refractivity contribution >= 4 is 28.6 Å². The van der Waals surface area contributed by atoms with Gasteiger partial charge in [-0.2, -0.15) is 0 Å². The van der Waals surface area contributed by atoms with Gasteiger partial charge < -0.3 is 14.6 Å². The number of aryl methyl sites for hydroxylation is 2. The van der Waals surface area contributed by atoms with Crippen LogP contribution < -0.4 is 10.2 Å². The Hall–Kier alpha value is -3.38. The standard InChI is InChI=1S/C25H25N3O2S/c1-18-9-11-21(12-10-18)28(16-22-7-5-13-30-22)15-20-17-31-25(26-20)14-24(29)27-23-8-4-3-6-19(23)2/h3-13,17H,14-16H2,1-2H3,(H,27,29). The molecular formula is C25H25N3O2S. The summed E-state index contributed by atoms with van der Waals surface area (Å²) in [5.41, 5.74) is 5.15. The van der Waals surface area contributed by atoms with E-state index in [2.05, 4.69) is 41.4 Å². The molecule has 31 heavy (non-hydrogen) atoms. The van der Waals surface area contributed by atoms with Gasteiger partial charge >= 0.3 is 0 Å². The van der Waals surface area contributed by atoms with E-state index in [-0.39, 0.29) is 12.3 Å². The number of thiazole rings is 1. The molecule has 0 atom stereocenters. The fourth-order valence-electron chi connectivity index (χ4n) is 3.33. The number of para-hydroxylation sites is 1. The number of amides is 1. The number of carbonyl (C=O) groups excluding carboxylic acids is 1. The Labute approximate surface area is 186 Å². The number of nitrogens with zero attached hydrogens (tertiary/aromatic N) is 2. The van der Waals surface area contributed by atoms with Crippen LogP contribution in [0.1, 0.15) is 27.6 Å². The normalized spacial score (nSPS) is 10.8. The highest BCUT2D eigenvalue weighted by atomic mass is 32.1. The Kier molecular flexibility index (Phi) is 6.48. The van der Waals surface area contributed by atoms with Crippen LogP contribution in [0.4, 0.5) is 11.4 Å². The largest absolute Gasteiger partial charge is 0.467 e. The lowest BCUT2D eigenvalue weighted by Gasteiger charge is -2.23. The molecule has 0 aliphatic heterocycles. The zero-order valence-corrected chi connectivity index (χ0v) is 18.5. The lowest BCUT2D eigenvalue weighted by Crippen LogP contribution is -2.22. The summed E-state index contributed by atoms with van der Waals surface area (Å²) < 4.78 is 5.56. The number of rotatable bonds is 8. The van der Waals surface area contributed by atoms with Crippen LogP contribution in [0.25, 0.3) is 0 Å². The molecule has 4 aromatic rings. The number of hydrogen-bond acceptors (Lipinski definition) is 5. The van der Waals surface area contributed by atoms with Crippen molar-refractivity contribution in [1.29, 1.82) is 0 Å². The van der Waals surface area contributed by atoms with E-state index < -0.39 is 0 Å². The summed E-state index contributed by atoms with van der Waals surface area (Å²) in [5, 5.41) is 5.81. The van der Waals surface area contributed by atoms with E-state index in [1.807, 2.05) is 48.7 Å². The maximum absolute atomic E-state index is 12.5. The average Bonchev–Trinajstić information content (AvgIpc) is 3.42. The monoisotopic (exact) mass is 431 g/mol. The first-order chi connectivity index (χ1) is 15.1. The molecule has 1 amide bonds. The van der Waals surface area contributed by atoms with Crippen LogP contribution >= 0.6 is 11.3 Å². The minimum absolute atomic E-state index is 0.0545. The van der Waals surface area contributed by atoms with Gasteiger partial charge in [0, 0.05) is 16.8 Å². The molecule has 6 heteroatoms. The van der Waals surface area contributed by atoms with Crippen molar-refractivity contribution in [3.8, 4) is 0 Å². The third kappa shape index (κ3) is 5.61. The summed E-state index contributed by atoms with van der Waals surface area (Å²) in [6.07, 6.45) is 1.96. The van der Waals surface area contributed by atoms with Crippen molar-refractivity contribution in [3.05, 3.63) is 99.9 Å². The van der Waals surface area contributed by atoms with Crippen LogP contribution in [0.2, 0.25) is 0 Å². The van der Waals surface area contributed by atoms with E-state index in [0.29, 0.717) is 13.1 Å². The molecule has 0 bridgehead atoms. The first kappa shape index (κ1) is 20.9. The quantitative estimate of drug-likeness (QED) is 0.386. The molecule has 0 unspecified atom stereocenters. The van der Waals surface area contributed by atoms with E-state index in [1.54, 1.807) is 6.26 Å². The molecular weight excluding hydrogens is 406 g/mol. The van der Waals surface area contributed by atoms with Gasteiger partial charge in [0.05, 0.1) is 31.5 Å². The van der Waals surface area contributed by atoms with Gasteiger partial charge in [-0.1, -0.05) is 35.9 Å². The van der Waals surface area contributed by atoms with Crippen LogP contribution in [-0.2, 0) is 24.3 Å². The van der Waals surface area contributed by atoms with Crippen LogP contribution in [0.15, 0.2) is 76.7 Å². The zero-order valence-electron chi connectivity index (χ0n) is 17.7. The minimum atomic E-state index is -0.0545. The summed E-state index contributed by atoms with van der Waals surface area (Å²) in [7, 11) is 0. The summed E-state index contributed by atoms with van der Waals surface area (Å²) in [6, 6.07) is 20.1. The van der Waals surface area contributed by atoms with Crippen LogP contribution in [-0.4, -0.2) is 10.9 Å². The zero-order chi connectivity index (χ0) is 21.6. The molecule has 0 radical (unpaired) electrons. The Morgan fingerprint density at radius 2 is 1.84 bits per heavy atom. The fourth-order valence-corrected chi connectivity index (χ4v) is 4.11. The van der Waals surface area contributed by atoms with E-state index in [0.717, 1.165) is 33.4 Å². The second-order valence-electron chi connectivity index (χ2n) is 7.54. The SMILES string of the molecule is Cc1ccc(N(Cc2csc(CC(=O)Nc3ccccc3C)n2)Cc2ccco2)cc1. The Morgan fingerprint density at radius 1 is 1.03 bits per heavy atom. The predicted octanol–water partition coefficient (Wildman–Crippen LogP) is 5.74. The van der Waals surface area contributed by atoms with E-state index >= 15 is 0 Å². The number of nitrogens with one attached hydrogen (secondary N) is 1. The second-order valence-corrected chi connectivity index (χ2v) is 8.49. The van der Waals surface area contributed by atoms with Crippen LogP contribution in [0.5, 0.6) is 0 Å². The number of carbonyl (C=O) groups is 1. The molecule has 5 nitrogen and oxygen atoms in total. The third-order valence-electron chi connectivity index (χ3n) is 5.01. The van der Waals surface area contributed by atoms with E-state index in [4.69, 9.17) is 9.40 Å². The van der Waals surface area contributed by atoms with Gasteiger partial charge in [0.1, 0.15) is 10.8 Å². The number of furan rings is 1. The van der Waals surface area contributed by atoms with Gasteiger partial charge in [0.15, 0.2) is 0 Å². The van der Waals surface area contributed by atoms with Crippen molar-refractivity contribution in [2.75, 3.05) is 10.2 Å². The molecule has 0 spiro atoms. The lowest BCUT2D eigenvalue weighted by atomic mass is 10.2. The second kappa shape index (κ2) is 9.62. The summed E-state index contributed by atoms with van der Waals surface area (Å²) in [6.45, 7) is 5.35. The van der Waals surface area contributed by atoms with Crippen LogP contribution in [0.3, 0.4) is 0 Å². The minimum Gasteiger partial charge on any atom is -0.467 e. The van der Waals surface area contributed by atoms with E-state index in [9.17, 15) is 4.79 Å². The maximum Gasteiger partial charge on any atom is 0.231 e. The molecule has 0 aliphatic rings. The Balaban J connectivity index is 1.44. The fraction of sp³-hybridized carbons (Fsp3) is 0.200. The molecule has 4 rings (SSSR count). The van der Waals surface area contributed by atoms with Gasteiger partial charge in [-0.05, 0) is 49.7 Å². The van der Waals surface area contributed by atoms with Crippen molar-refractivity contribution in [2.45, 2.75) is 33.4 Å². The first-order valence-electron chi connectivity index (χ1n) is 10.2. The molecule has 2 aromatic heterocycles. The maximum atomic E-state index is 12.5. The average molecular weight is 432 g/mol. The molecule has 0 fully saturated rings. The van der Waals surface area contributed by atoms with Crippen molar-refractivity contribution in [2.24, 2.45) is 0 Å². The van der Waals surface area contributed by atoms with Crippen molar-refractivity contribution in [1.82, 2.24) is 4.98 Å². The van der Waals surface area contributed by atoms with Crippen LogP contribution in [0, 0.1) is 13.8 Å². The van der Waals surface area contributed by atoms with Gasteiger partial charge in [-0.3, -0.25) is 4.79 Å². The molecule has 158 valence electrons. The highest BCUT2D eigenvalue weighted by molar-refractivity contribution is 7.09. The van der Waals surface area contributed by atoms with E-state index in [1.165, 1.54) is 16.9 Å². The highest BCUT2D eigenvalue weighted by Gasteiger charge is 2.14. The predicted molar refractivity (Wildman–Crippen MR) is 125 cm³/mol. The number of aromatic nitrogens is 1. The molecule has 2 heterocycles. The molecule has 0 aliphatic carbocycles. The Morgan fingerprint density at radius 3 is 2.58 bits per heavy atom. The summed E-state index contributed by atoms with van der Waals surface area (Å²) in [5.74, 6) is 0.842. The first-order valence-corrected chi connectivity index (χ1v) is 11.1. The molecule has 0 saturated heterocycles. The van der Waals surface area contributed by atoms with Gasteiger partial charge in [-0.25, -0.2) is 4.98 Å². The lowest BCUT2D eigenvalue weighted by molar-refractivity contribution is -0.115. The van der Waals surface area contributed by atoms with Gasteiger partial charge in [0.2, 0.25) is 5.91 Å². The molecule has 1 N–H and O–H groups in total. The van der Waals surface area contributed by atoms with Gasteiger partial charge in [-0.15, -0.1) is 11.3 Å². The number of benzene rings is 2. The summed E-state index contributed by atoms with van der Waals surface area (Å²) >= 11 is 1.52. The van der Waals surface area contributed by atoms with Gasteiger partial charge in [0.25, 0.3) is 0 Å². The number of hydrogen-bond donors (Lipinski definition) is 1. The van der Waals surface area contributed by atoms with Crippen molar-refractivity contribution in [3.63, 3.8) is 0 Å². The van der Waals surface area contributed by atoms with Crippen molar-refractivity contribution < 1.29 is 9.21 Å².